The van der Waals surface area contributed by atoms with Crippen molar-refractivity contribution in [3.05, 3.63) is 70.0 Å². The van der Waals surface area contributed by atoms with Gasteiger partial charge in [-0.1, -0.05) is 42.5 Å². The van der Waals surface area contributed by atoms with Crippen molar-refractivity contribution in [2.75, 3.05) is 0 Å². The van der Waals surface area contributed by atoms with E-state index < -0.39 is 5.97 Å². The molecule has 0 saturated heterocycles. The smallest absolute Gasteiger partial charge is 0.305 e. The summed E-state index contributed by atoms with van der Waals surface area (Å²) < 4.78 is 1.43. The SMILES string of the molecule is O=C(O)CCn1c2c(c3ccccc3c1=O)C(=O)c1ccccc1-2. The normalized spacial score (nSPS) is 12.2. The first-order valence-electron chi connectivity index (χ1n) is 7.61. The number of nitrogens with zero attached hydrogens (tertiary/aromatic N) is 1. The Balaban J connectivity index is 2.13. The Kier molecular flexibility index (Phi) is 3.09. The molecule has 4 rings (SSSR count). The summed E-state index contributed by atoms with van der Waals surface area (Å²) in [5, 5.41) is 10.0. The van der Waals surface area contributed by atoms with Crippen LogP contribution in [0.4, 0.5) is 0 Å². The van der Waals surface area contributed by atoms with E-state index in [0.717, 1.165) is 0 Å². The van der Waals surface area contributed by atoms with E-state index in [1.807, 2.05) is 6.07 Å². The number of hydrogen-bond acceptors (Lipinski definition) is 3. The van der Waals surface area contributed by atoms with Crippen molar-refractivity contribution in [3.8, 4) is 11.3 Å². The number of ketones is 1. The van der Waals surface area contributed by atoms with Gasteiger partial charge in [-0.3, -0.25) is 14.4 Å². The Bertz CT molecular complexity index is 1080. The highest BCUT2D eigenvalue weighted by atomic mass is 16.4. The molecule has 1 aliphatic rings. The Labute approximate surface area is 136 Å². The molecule has 118 valence electrons. The van der Waals surface area contributed by atoms with Crippen LogP contribution < -0.4 is 5.56 Å². The van der Waals surface area contributed by atoms with Gasteiger partial charge in [0.1, 0.15) is 0 Å². The van der Waals surface area contributed by atoms with Gasteiger partial charge in [-0.2, -0.15) is 0 Å². The number of carbonyl (C=O) groups excluding carboxylic acids is 1. The molecule has 3 aromatic rings. The van der Waals surface area contributed by atoms with Crippen LogP contribution in [-0.4, -0.2) is 21.4 Å². The lowest BCUT2D eigenvalue weighted by molar-refractivity contribution is -0.137. The number of aromatic nitrogens is 1. The van der Waals surface area contributed by atoms with Crippen LogP contribution in [0.5, 0.6) is 0 Å². The highest BCUT2D eigenvalue weighted by Crippen LogP contribution is 2.39. The van der Waals surface area contributed by atoms with E-state index in [1.165, 1.54) is 4.57 Å². The minimum Gasteiger partial charge on any atom is -0.481 e. The second-order valence-corrected chi connectivity index (χ2v) is 5.74. The monoisotopic (exact) mass is 319 g/mol. The van der Waals surface area contributed by atoms with Crippen LogP contribution in [0.25, 0.3) is 22.0 Å². The third-order valence-electron chi connectivity index (χ3n) is 4.38. The van der Waals surface area contributed by atoms with Gasteiger partial charge in [-0.15, -0.1) is 0 Å². The summed E-state index contributed by atoms with van der Waals surface area (Å²) in [4.78, 5) is 36.7. The summed E-state index contributed by atoms with van der Waals surface area (Å²) in [6.07, 6.45) is -0.180. The van der Waals surface area contributed by atoms with Crippen LogP contribution in [0.2, 0.25) is 0 Å². The average Bonchev–Trinajstić information content (AvgIpc) is 2.88. The van der Waals surface area contributed by atoms with Crippen LogP contribution in [0.15, 0.2) is 53.3 Å². The van der Waals surface area contributed by atoms with Gasteiger partial charge in [-0.05, 0) is 6.07 Å². The quantitative estimate of drug-likeness (QED) is 0.630. The number of rotatable bonds is 3. The summed E-state index contributed by atoms with van der Waals surface area (Å²) in [7, 11) is 0. The maximum Gasteiger partial charge on any atom is 0.305 e. The van der Waals surface area contributed by atoms with Gasteiger partial charge in [-0.25, -0.2) is 0 Å². The predicted molar refractivity (Wildman–Crippen MR) is 89.3 cm³/mol. The largest absolute Gasteiger partial charge is 0.481 e. The molecule has 5 heteroatoms. The van der Waals surface area contributed by atoms with Gasteiger partial charge in [0.25, 0.3) is 5.56 Å². The number of carboxylic acids is 1. The average molecular weight is 319 g/mol. The number of carbonyl (C=O) groups is 2. The van der Waals surface area contributed by atoms with Crippen molar-refractivity contribution in [2.45, 2.75) is 13.0 Å². The van der Waals surface area contributed by atoms with Crippen molar-refractivity contribution >= 4 is 22.5 Å². The lowest BCUT2D eigenvalue weighted by Gasteiger charge is -2.14. The molecule has 0 atom stereocenters. The zero-order valence-corrected chi connectivity index (χ0v) is 12.7. The van der Waals surface area contributed by atoms with Crippen LogP contribution in [0, 0.1) is 0 Å². The third-order valence-corrected chi connectivity index (χ3v) is 4.38. The predicted octanol–water partition coefficient (Wildman–Crippen LogP) is 2.69. The second-order valence-electron chi connectivity index (χ2n) is 5.74. The topological polar surface area (TPSA) is 76.4 Å². The first-order valence-corrected chi connectivity index (χ1v) is 7.61. The fourth-order valence-corrected chi connectivity index (χ4v) is 3.35. The van der Waals surface area contributed by atoms with Gasteiger partial charge in [0, 0.05) is 28.4 Å². The molecule has 1 aromatic heterocycles. The van der Waals surface area contributed by atoms with E-state index in [4.69, 9.17) is 5.11 Å². The van der Waals surface area contributed by atoms with E-state index >= 15 is 0 Å². The lowest BCUT2D eigenvalue weighted by Crippen LogP contribution is -2.24. The fraction of sp³-hybridized carbons (Fsp3) is 0.105. The van der Waals surface area contributed by atoms with E-state index in [1.54, 1.807) is 42.5 Å². The molecule has 0 bridgehead atoms. The number of fused-ring (bicyclic) bond motifs is 5. The van der Waals surface area contributed by atoms with Crippen LogP contribution in [-0.2, 0) is 11.3 Å². The van der Waals surface area contributed by atoms with Crippen molar-refractivity contribution in [2.24, 2.45) is 0 Å². The Hall–Kier alpha value is -3.21. The number of hydrogen-bond donors (Lipinski definition) is 1. The Morgan fingerprint density at radius 2 is 1.54 bits per heavy atom. The van der Waals surface area contributed by atoms with Crippen LogP contribution in [0.1, 0.15) is 22.3 Å². The molecule has 0 amide bonds. The van der Waals surface area contributed by atoms with Gasteiger partial charge < -0.3 is 9.67 Å². The Morgan fingerprint density at radius 1 is 0.917 bits per heavy atom. The number of pyridine rings is 1. The lowest BCUT2D eigenvalue weighted by atomic mass is 10.0. The summed E-state index contributed by atoms with van der Waals surface area (Å²) in [5.41, 5.74) is 1.98. The number of benzene rings is 2. The first kappa shape index (κ1) is 14.4. The van der Waals surface area contributed by atoms with Gasteiger partial charge in [0.05, 0.1) is 17.7 Å². The zero-order chi connectivity index (χ0) is 16.8. The first-order chi connectivity index (χ1) is 11.6. The van der Waals surface area contributed by atoms with E-state index in [0.29, 0.717) is 33.2 Å². The molecule has 0 fully saturated rings. The fourth-order valence-electron chi connectivity index (χ4n) is 3.35. The number of carboxylic acid groups (broad SMARTS) is 1. The summed E-state index contributed by atoms with van der Waals surface area (Å²) in [6, 6.07) is 14.1. The summed E-state index contributed by atoms with van der Waals surface area (Å²) >= 11 is 0. The standard InChI is InChI=1S/C19H13NO4/c21-15(22)9-10-20-17-12-6-2-3-7-13(12)18(23)16(17)11-5-1-4-8-14(11)19(20)24/h1-8H,9-10H2,(H,21,22). The molecular weight excluding hydrogens is 306 g/mol. The minimum absolute atomic E-state index is 0.0307. The Morgan fingerprint density at radius 3 is 2.25 bits per heavy atom. The van der Waals surface area contributed by atoms with Gasteiger partial charge >= 0.3 is 5.97 Å². The molecule has 24 heavy (non-hydrogen) atoms. The molecule has 0 radical (unpaired) electrons. The molecule has 1 N–H and O–H groups in total. The summed E-state index contributed by atoms with van der Waals surface area (Å²) in [6.45, 7) is 0.0307. The van der Waals surface area contributed by atoms with Crippen molar-refractivity contribution < 1.29 is 14.7 Å². The van der Waals surface area contributed by atoms with Gasteiger partial charge in [0.2, 0.25) is 0 Å². The highest BCUT2D eigenvalue weighted by molar-refractivity contribution is 6.26. The maximum absolute atomic E-state index is 12.9. The summed E-state index contributed by atoms with van der Waals surface area (Å²) in [5.74, 6) is -1.11. The molecule has 0 aliphatic heterocycles. The second kappa shape index (κ2) is 5.16. The van der Waals surface area contributed by atoms with Crippen LogP contribution >= 0.6 is 0 Å². The zero-order valence-electron chi connectivity index (χ0n) is 12.7. The van der Waals surface area contributed by atoms with Crippen LogP contribution in [0.3, 0.4) is 0 Å². The third kappa shape index (κ3) is 1.91. The highest BCUT2D eigenvalue weighted by Gasteiger charge is 2.32. The van der Waals surface area contributed by atoms with E-state index in [2.05, 4.69) is 0 Å². The molecule has 2 aromatic carbocycles. The van der Waals surface area contributed by atoms with Crippen molar-refractivity contribution in [1.82, 2.24) is 4.57 Å². The van der Waals surface area contributed by atoms with E-state index in [9.17, 15) is 14.4 Å². The number of aliphatic carboxylic acids is 1. The molecule has 5 nitrogen and oxygen atoms in total. The molecule has 1 aliphatic carbocycles. The molecule has 0 spiro atoms. The molecular formula is C19H13NO4. The molecule has 1 heterocycles. The van der Waals surface area contributed by atoms with E-state index in [-0.39, 0.29) is 24.3 Å². The maximum atomic E-state index is 12.9. The molecule has 0 unspecified atom stereocenters. The van der Waals surface area contributed by atoms with Crippen molar-refractivity contribution in [3.63, 3.8) is 0 Å². The minimum atomic E-state index is -0.985. The molecule has 0 saturated carbocycles. The van der Waals surface area contributed by atoms with Gasteiger partial charge in [0.15, 0.2) is 5.78 Å². The van der Waals surface area contributed by atoms with Crippen molar-refractivity contribution in [1.29, 1.82) is 0 Å².